The number of aromatic nitrogens is 7. The number of hydrogen-bond donors (Lipinski definition) is 1. The van der Waals surface area contributed by atoms with Gasteiger partial charge >= 0.3 is 0 Å². The Morgan fingerprint density at radius 1 is 1.08 bits per heavy atom. The van der Waals surface area contributed by atoms with E-state index in [0.29, 0.717) is 41.2 Å². The molecule has 2 aliphatic carbocycles. The van der Waals surface area contributed by atoms with Gasteiger partial charge in [-0.1, -0.05) is 13.0 Å². The van der Waals surface area contributed by atoms with Crippen molar-refractivity contribution in [3.63, 3.8) is 0 Å². The number of thioether (sulfide) groups is 1. The van der Waals surface area contributed by atoms with Gasteiger partial charge in [0.2, 0.25) is 0 Å². The van der Waals surface area contributed by atoms with Crippen LogP contribution < -0.4 is 10.9 Å². The highest BCUT2D eigenvalue weighted by atomic mass is 32.2. The summed E-state index contributed by atoms with van der Waals surface area (Å²) in [5, 5.41) is 4.24. The molecular formula is C27H30N8OS. The Labute approximate surface area is 219 Å². The molecule has 0 amide bonds. The fourth-order valence-electron chi connectivity index (χ4n) is 4.77. The summed E-state index contributed by atoms with van der Waals surface area (Å²) < 4.78 is 1.81. The van der Waals surface area contributed by atoms with Gasteiger partial charge in [0, 0.05) is 24.7 Å². The second-order valence-corrected chi connectivity index (χ2v) is 11.2. The fraction of sp³-hybridized carbons (Fsp3) is 0.444. The van der Waals surface area contributed by atoms with Gasteiger partial charge in [-0.25, -0.2) is 29.9 Å². The minimum atomic E-state index is -0.161. The molecule has 9 nitrogen and oxygen atoms in total. The Morgan fingerprint density at radius 2 is 1.92 bits per heavy atom. The molecule has 10 heteroatoms. The first-order valence-electron chi connectivity index (χ1n) is 13.0. The Hall–Kier alpha value is -3.40. The minimum absolute atomic E-state index is 0.0179. The summed E-state index contributed by atoms with van der Waals surface area (Å²) in [5.74, 6) is 2.74. The monoisotopic (exact) mass is 514 g/mol. The molecule has 1 atom stereocenters. The molecule has 2 fully saturated rings. The van der Waals surface area contributed by atoms with Crippen LogP contribution in [0.2, 0.25) is 0 Å². The Morgan fingerprint density at radius 3 is 2.62 bits per heavy atom. The van der Waals surface area contributed by atoms with Gasteiger partial charge in [0.05, 0.1) is 28.2 Å². The standard InChI is InChI=1S/C27H30N8OS/c1-4-37-21-10-5-17(11-28-21)12-29-25-27(36)35(16(3)18-6-7-18)26-20(33-25)13-30-24(34-26)22-15(2)31-14-32-23(22)19-8-9-19/h5,10-11,13-14,16,18-19H,4,6-9,12H2,1-3H3,(H,29,33)/t16-/m0/s1. The molecule has 2 saturated carbocycles. The lowest BCUT2D eigenvalue weighted by Gasteiger charge is -2.19. The maximum atomic E-state index is 13.8. The fourth-order valence-corrected chi connectivity index (χ4v) is 5.36. The number of hydrogen-bond acceptors (Lipinski definition) is 9. The zero-order valence-electron chi connectivity index (χ0n) is 21.3. The third-order valence-corrected chi connectivity index (χ3v) is 7.97. The lowest BCUT2D eigenvalue weighted by molar-refractivity contribution is 0.482. The smallest absolute Gasteiger partial charge is 0.295 e. The third kappa shape index (κ3) is 4.82. The molecule has 0 unspecified atom stereocenters. The summed E-state index contributed by atoms with van der Waals surface area (Å²) in [7, 11) is 0. The van der Waals surface area contributed by atoms with Crippen LogP contribution in [0.25, 0.3) is 22.6 Å². The van der Waals surface area contributed by atoms with E-state index in [4.69, 9.17) is 4.98 Å². The highest BCUT2D eigenvalue weighted by Gasteiger charge is 2.33. The molecule has 2 aliphatic rings. The van der Waals surface area contributed by atoms with E-state index in [9.17, 15) is 4.79 Å². The first-order chi connectivity index (χ1) is 18.0. The van der Waals surface area contributed by atoms with Crippen molar-refractivity contribution in [2.75, 3.05) is 11.1 Å². The maximum Gasteiger partial charge on any atom is 0.295 e. The molecule has 4 aromatic heterocycles. The first kappa shape index (κ1) is 24.0. The van der Waals surface area contributed by atoms with Gasteiger partial charge in [-0.15, -0.1) is 11.8 Å². The topological polar surface area (TPSA) is 111 Å². The van der Waals surface area contributed by atoms with Crippen molar-refractivity contribution in [3.8, 4) is 11.4 Å². The molecule has 0 aliphatic heterocycles. The van der Waals surface area contributed by atoms with Crippen molar-refractivity contribution in [2.45, 2.75) is 70.0 Å². The Balaban J connectivity index is 1.40. The van der Waals surface area contributed by atoms with E-state index in [0.717, 1.165) is 59.0 Å². The molecule has 0 radical (unpaired) electrons. The predicted molar refractivity (Wildman–Crippen MR) is 145 cm³/mol. The summed E-state index contributed by atoms with van der Waals surface area (Å²) in [5.41, 5.74) is 4.71. The molecule has 0 aromatic carbocycles. The van der Waals surface area contributed by atoms with E-state index in [1.807, 2.05) is 29.8 Å². The molecule has 4 aromatic rings. The van der Waals surface area contributed by atoms with Crippen molar-refractivity contribution in [1.29, 1.82) is 0 Å². The van der Waals surface area contributed by atoms with Crippen molar-refractivity contribution < 1.29 is 0 Å². The van der Waals surface area contributed by atoms with E-state index in [1.54, 1.807) is 24.3 Å². The molecule has 37 heavy (non-hydrogen) atoms. The number of fused-ring (bicyclic) bond motifs is 1. The van der Waals surface area contributed by atoms with Crippen LogP contribution >= 0.6 is 11.8 Å². The lowest BCUT2D eigenvalue weighted by Crippen LogP contribution is -2.29. The second-order valence-electron chi connectivity index (χ2n) is 9.90. The van der Waals surface area contributed by atoms with Crippen LogP contribution in [0.5, 0.6) is 0 Å². The van der Waals surface area contributed by atoms with Crippen LogP contribution in [0.15, 0.2) is 40.7 Å². The number of anilines is 1. The van der Waals surface area contributed by atoms with E-state index < -0.39 is 0 Å². The summed E-state index contributed by atoms with van der Waals surface area (Å²) in [6.45, 7) is 6.63. The van der Waals surface area contributed by atoms with Gasteiger partial charge in [-0.3, -0.25) is 9.36 Å². The molecule has 190 valence electrons. The van der Waals surface area contributed by atoms with E-state index >= 15 is 0 Å². The number of nitrogens with zero attached hydrogens (tertiary/aromatic N) is 7. The number of aryl methyl sites for hydroxylation is 1. The van der Waals surface area contributed by atoms with Crippen molar-refractivity contribution in [1.82, 2.24) is 34.5 Å². The highest BCUT2D eigenvalue weighted by molar-refractivity contribution is 7.99. The Kier molecular flexibility index (Phi) is 6.36. The number of pyridine rings is 1. The van der Waals surface area contributed by atoms with Crippen molar-refractivity contribution in [3.05, 3.63) is 58.2 Å². The summed E-state index contributed by atoms with van der Waals surface area (Å²) >= 11 is 1.70. The van der Waals surface area contributed by atoms with E-state index in [1.165, 1.54) is 0 Å². The zero-order chi connectivity index (χ0) is 25.5. The van der Waals surface area contributed by atoms with Crippen LogP contribution in [-0.2, 0) is 6.54 Å². The zero-order valence-corrected chi connectivity index (χ0v) is 22.1. The van der Waals surface area contributed by atoms with Gasteiger partial charge < -0.3 is 5.32 Å². The first-order valence-corrected chi connectivity index (χ1v) is 13.9. The highest BCUT2D eigenvalue weighted by Crippen LogP contribution is 2.43. The SMILES string of the molecule is CCSc1ccc(CNc2nc3cnc(-c4c(C)ncnc4C4CC4)nc3n([C@@H](C)C3CC3)c2=O)cn1. The van der Waals surface area contributed by atoms with Gasteiger partial charge in [0.1, 0.15) is 11.8 Å². The van der Waals surface area contributed by atoms with Crippen molar-refractivity contribution in [2.24, 2.45) is 5.92 Å². The predicted octanol–water partition coefficient (Wildman–Crippen LogP) is 4.92. The largest absolute Gasteiger partial charge is 0.361 e. The third-order valence-electron chi connectivity index (χ3n) is 7.15. The van der Waals surface area contributed by atoms with Crippen LogP contribution in [-0.4, -0.2) is 40.2 Å². The molecule has 0 saturated heterocycles. The van der Waals surface area contributed by atoms with Gasteiger partial charge in [0.15, 0.2) is 17.3 Å². The quantitative estimate of drug-likeness (QED) is 0.311. The molecule has 0 bridgehead atoms. The van der Waals surface area contributed by atoms with E-state index in [2.05, 4.69) is 44.1 Å². The van der Waals surface area contributed by atoms with Gasteiger partial charge in [-0.2, -0.15) is 0 Å². The molecular weight excluding hydrogens is 484 g/mol. The van der Waals surface area contributed by atoms with Crippen LogP contribution in [0, 0.1) is 12.8 Å². The molecule has 1 N–H and O–H groups in total. The average Bonchev–Trinajstić information content (AvgIpc) is 3.82. The van der Waals surface area contributed by atoms with Crippen LogP contribution in [0.4, 0.5) is 5.82 Å². The summed E-state index contributed by atoms with van der Waals surface area (Å²) in [6, 6.07) is 4.05. The van der Waals surface area contributed by atoms with Gasteiger partial charge in [0.25, 0.3) is 5.56 Å². The van der Waals surface area contributed by atoms with Crippen molar-refractivity contribution >= 4 is 28.7 Å². The van der Waals surface area contributed by atoms with E-state index in [-0.39, 0.29) is 11.6 Å². The molecule has 4 heterocycles. The second kappa shape index (κ2) is 9.81. The van der Waals surface area contributed by atoms with Gasteiger partial charge in [-0.05, 0) is 62.8 Å². The summed E-state index contributed by atoms with van der Waals surface area (Å²) in [6.07, 6.45) is 9.64. The maximum absolute atomic E-state index is 13.8. The normalized spacial score (nSPS) is 16.2. The lowest BCUT2D eigenvalue weighted by atomic mass is 10.1. The number of nitrogens with one attached hydrogen (secondary N) is 1. The molecule has 6 rings (SSSR count). The summed E-state index contributed by atoms with van der Waals surface area (Å²) in [4.78, 5) is 41.5. The van der Waals surface area contributed by atoms with Crippen LogP contribution in [0.3, 0.4) is 0 Å². The molecule has 0 spiro atoms. The number of rotatable bonds is 9. The minimum Gasteiger partial charge on any atom is -0.361 e. The Bertz CT molecular complexity index is 1510. The average molecular weight is 515 g/mol. The van der Waals surface area contributed by atoms with Crippen LogP contribution in [0.1, 0.15) is 68.4 Å².